The van der Waals surface area contributed by atoms with Gasteiger partial charge in [0.25, 0.3) is 0 Å². The van der Waals surface area contributed by atoms with Gasteiger partial charge in [0.15, 0.2) is 0 Å². The van der Waals surface area contributed by atoms with Crippen molar-refractivity contribution in [1.82, 2.24) is 9.78 Å². The Morgan fingerprint density at radius 2 is 2.19 bits per heavy atom. The fourth-order valence-electron chi connectivity index (χ4n) is 2.24. The molecule has 2 rings (SSSR count). The molecule has 0 amide bonds. The van der Waals surface area contributed by atoms with Gasteiger partial charge >= 0.3 is 5.97 Å². The highest BCUT2D eigenvalue weighted by Crippen LogP contribution is 2.24. The molecular formula is C15H18ClN3O2. The highest BCUT2D eigenvalue weighted by atomic mass is 35.5. The lowest BCUT2D eigenvalue weighted by molar-refractivity contribution is 0.0698. The number of hydrogen-bond acceptors (Lipinski definition) is 3. The molecule has 0 atom stereocenters. The van der Waals surface area contributed by atoms with Crippen LogP contribution in [0.15, 0.2) is 24.3 Å². The second kappa shape index (κ2) is 6.63. The van der Waals surface area contributed by atoms with E-state index in [0.717, 1.165) is 24.4 Å². The highest BCUT2D eigenvalue weighted by molar-refractivity contribution is 6.34. The van der Waals surface area contributed by atoms with Gasteiger partial charge in [-0.05, 0) is 38.5 Å². The minimum absolute atomic E-state index is 0.116. The second-order valence-corrected chi connectivity index (χ2v) is 5.31. The van der Waals surface area contributed by atoms with Crippen molar-refractivity contribution >= 4 is 23.3 Å². The molecule has 0 fully saturated rings. The van der Waals surface area contributed by atoms with Gasteiger partial charge in [0, 0.05) is 18.8 Å². The number of aromatic carboxylic acids is 1. The lowest BCUT2D eigenvalue weighted by Crippen LogP contribution is -2.11. The van der Waals surface area contributed by atoms with E-state index in [-0.39, 0.29) is 10.6 Å². The molecule has 0 aliphatic carbocycles. The number of nitrogens with one attached hydrogen (secondary N) is 1. The van der Waals surface area contributed by atoms with Gasteiger partial charge in [-0.2, -0.15) is 5.10 Å². The number of nitrogens with zero attached hydrogens (tertiary/aromatic N) is 2. The Bertz CT molecular complexity index is 652. The van der Waals surface area contributed by atoms with E-state index in [2.05, 4.69) is 10.4 Å². The molecule has 0 unspecified atom stereocenters. The van der Waals surface area contributed by atoms with Crippen LogP contribution < -0.4 is 5.32 Å². The fraction of sp³-hybridized carbons (Fsp3) is 0.333. The molecule has 0 aliphatic heterocycles. The number of carboxylic acids is 1. The monoisotopic (exact) mass is 307 g/mol. The summed E-state index contributed by atoms with van der Waals surface area (Å²) in [5.41, 5.74) is 2.79. The zero-order chi connectivity index (χ0) is 15.4. The summed E-state index contributed by atoms with van der Waals surface area (Å²) >= 11 is 5.92. The van der Waals surface area contributed by atoms with E-state index in [0.29, 0.717) is 12.2 Å². The largest absolute Gasteiger partial charge is 0.478 e. The van der Waals surface area contributed by atoms with Crippen LogP contribution in [0.5, 0.6) is 0 Å². The minimum Gasteiger partial charge on any atom is -0.478 e. The van der Waals surface area contributed by atoms with Crippen molar-refractivity contribution in [3.8, 4) is 0 Å². The second-order valence-electron chi connectivity index (χ2n) is 4.90. The molecule has 2 aromatic rings. The number of aryl methyl sites for hydroxylation is 3. The fourth-order valence-corrected chi connectivity index (χ4v) is 2.50. The summed E-state index contributed by atoms with van der Waals surface area (Å²) in [5, 5.41) is 16.9. The topological polar surface area (TPSA) is 67.2 Å². The van der Waals surface area contributed by atoms with Gasteiger partial charge in [0.1, 0.15) is 5.56 Å². The third-order valence-corrected chi connectivity index (χ3v) is 3.51. The van der Waals surface area contributed by atoms with Crippen molar-refractivity contribution in [3.63, 3.8) is 0 Å². The zero-order valence-electron chi connectivity index (χ0n) is 12.1. The molecule has 1 heterocycles. The number of aromatic nitrogens is 2. The Hall–Kier alpha value is -2.01. The molecule has 0 saturated heterocycles. The molecule has 1 aromatic carbocycles. The van der Waals surface area contributed by atoms with Gasteiger partial charge in [0.05, 0.1) is 16.4 Å². The Balaban J connectivity index is 1.94. The summed E-state index contributed by atoms with van der Waals surface area (Å²) < 4.78 is 1.95. The molecule has 6 heteroatoms. The number of halogens is 1. The number of hydrogen-bond donors (Lipinski definition) is 2. The van der Waals surface area contributed by atoms with Gasteiger partial charge in [-0.3, -0.25) is 4.68 Å². The van der Waals surface area contributed by atoms with Crippen molar-refractivity contribution in [2.45, 2.75) is 26.8 Å². The molecule has 0 radical (unpaired) electrons. The molecule has 5 nitrogen and oxygen atoms in total. The number of rotatable bonds is 6. The van der Waals surface area contributed by atoms with E-state index < -0.39 is 5.97 Å². The Morgan fingerprint density at radius 3 is 2.81 bits per heavy atom. The lowest BCUT2D eigenvalue weighted by atomic mass is 10.1. The van der Waals surface area contributed by atoms with Crippen LogP contribution in [0.2, 0.25) is 5.02 Å². The van der Waals surface area contributed by atoms with Crippen molar-refractivity contribution in [1.29, 1.82) is 0 Å². The van der Waals surface area contributed by atoms with Gasteiger partial charge in [-0.1, -0.05) is 17.7 Å². The standard InChI is InChI=1S/C15H18ClN3O2/c1-10-9-11(2)19(18-10)8-4-7-17-13-6-3-5-12(16)14(13)15(20)21/h3,5-6,9,17H,4,7-8H2,1-2H3,(H,20,21). The molecule has 0 aliphatic rings. The molecule has 2 N–H and O–H groups in total. The van der Waals surface area contributed by atoms with Crippen LogP contribution >= 0.6 is 11.6 Å². The number of benzene rings is 1. The molecule has 1 aromatic heterocycles. The van der Waals surface area contributed by atoms with Crippen LogP contribution in [0.1, 0.15) is 28.2 Å². The van der Waals surface area contributed by atoms with Crippen molar-refractivity contribution in [3.05, 3.63) is 46.2 Å². The quantitative estimate of drug-likeness (QED) is 0.803. The summed E-state index contributed by atoms with van der Waals surface area (Å²) in [5.74, 6) is -1.03. The summed E-state index contributed by atoms with van der Waals surface area (Å²) in [6, 6.07) is 7.07. The Morgan fingerprint density at radius 1 is 1.43 bits per heavy atom. The maximum atomic E-state index is 11.2. The summed E-state index contributed by atoms with van der Waals surface area (Å²) in [4.78, 5) is 11.2. The van der Waals surface area contributed by atoms with Gasteiger partial charge < -0.3 is 10.4 Å². The smallest absolute Gasteiger partial charge is 0.339 e. The first-order chi connectivity index (χ1) is 9.99. The molecule has 21 heavy (non-hydrogen) atoms. The Kier molecular flexibility index (Phi) is 4.85. The van der Waals surface area contributed by atoms with Crippen LogP contribution in [-0.2, 0) is 6.54 Å². The van der Waals surface area contributed by atoms with E-state index in [4.69, 9.17) is 11.6 Å². The zero-order valence-corrected chi connectivity index (χ0v) is 12.8. The van der Waals surface area contributed by atoms with Crippen LogP contribution in [0.25, 0.3) is 0 Å². The molecule has 0 saturated carbocycles. The van der Waals surface area contributed by atoms with E-state index in [1.54, 1.807) is 18.2 Å². The van der Waals surface area contributed by atoms with Crippen molar-refractivity contribution in [2.75, 3.05) is 11.9 Å². The maximum absolute atomic E-state index is 11.2. The summed E-state index contributed by atoms with van der Waals surface area (Å²) in [6.07, 6.45) is 0.841. The van der Waals surface area contributed by atoms with Gasteiger partial charge in [-0.15, -0.1) is 0 Å². The molecule has 112 valence electrons. The van der Waals surface area contributed by atoms with Crippen LogP contribution in [0.4, 0.5) is 5.69 Å². The normalized spacial score (nSPS) is 10.6. The van der Waals surface area contributed by atoms with Gasteiger partial charge in [0.2, 0.25) is 0 Å². The minimum atomic E-state index is -1.03. The summed E-state index contributed by atoms with van der Waals surface area (Å²) in [6.45, 7) is 5.42. The molecule has 0 spiro atoms. The number of anilines is 1. The SMILES string of the molecule is Cc1cc(C)n(CCCNc2cccc(Cl)c2C(=O)O)n1. The third-order valence-electron chi connectivity index (χ3n) is 3.19. The van der Waals surface area contributed by atoms with Crippen LogP contribution in [0, 0.1) is 13.8 Å². The van der Waals surface area contributed by atoms with E-state index >= 15 is 0 Å². The van der Waals surface area contributed by atoms with Crippen LogP contribution in [-0.4, -0.2) is 27.4 Å². The van der Waals surface area contributed by atoms with Crippen molar-refractivity contribution < 1.29 is 9.90 Å². The molecular weight excluding hydrogens is 290 g/mol. The van der Waals surface area contributed by atoms with E-state index in [1.165, 1.54) is 0 Å². The first-order valence-corrected chi connectivity index (χ1v) is 7.13. The lowest BCUT2D eigenvalue weighted by Gasteiger charge is -2.11. The highest BCUT2D eigenvalue weighted by Gasteiger charge is 2.13. The average molecular weight is 308 g/mol. The number of carboxylic acid groups (broad SMARTS) is 1. The van der Waals surface area contributed by atoms with E-state index in [1.807, 2.05) is 24.6 Å². The predicted octanol–water partition coefficient (Wildman–Crippen LogP) is 3.35. The van der Waals surface area contributed by atoms with Crippen molar-refractivity contribution in [2.24, 2.45) is 0 Å². The Labute approximate surface area is 128 Å². The maximum Gasteiger partial charge on any atom is 0.339 e. The average Bonchev–Trinajstić information content (AvgIpc) is 2.72. The first-order valence-electron chi connectivity index (χ1n) is 6.76. The first kappa shape index (κ1) is 15.4. The van der Waals surface area contributed by atoms with E-state index in [9.17, 15) is 9.90 Å². The summed E-state index contributed by atoms with van der Waals surface area (Å²) in [7, 11) is 0. The molecule has 0 bridgehead atoms. The third kappa shape index (κ3) is 3.76. The predicted molar refractivity (Wildman–Crippen MR) is 83.2 cm³/mol. The number of carbonyl (C=O) groups is 1. The van der Waals surface area contributed by atoms with Gasteiger partial charge in [-0.25, -0.2) is 4.79 Å². The van der Waals surface area contributed by atoms with Crippen LogP contribution in [0.3, 0.4) is 0 Å².